The second kappa shape index (κ2) is 8.04. The minimum atomic E-state index is -0.411. The van der Waals surface area contributed by atoms with E-state index in [2.05, 4.69) is 25.6 Å². The molecule has 1 aromatic heterocycles. The smallest absolute Gasteiger partial charge is 0.230 e. The Morgan fingerprint density at radius 2 is 2.04 bits per heavy atom. The number of amidine groups is 1. The summed E-state index contributed by atoms with van der Waals surface area (Å²) in [6.07, 6.45) is 7.34. The fourth-order valence-electron chi connectivity index (χ4n) is 3.62. The van der Waals surface area contributed by atoms with Crippen LogP contribution in [0, 0.1) is 0 Å². The topological polar surface area (TPSA) is 108 Å². The van der Waals surface area contributed by atoms with Crippen LogP contribution in [0.5, 0.6) is 0 Å². The van der Waals surface area contributed by atoms with Gasteiger partial charge in [-0.2, -0.15) is 0 Å². The van der Waals surface area contributed by atoms with E-state index in [9.17, 15) is 4.79 Å². The number of amides is 1. The standard InChI is InChI=1S/C19H24N6OS/c20-18-23-17(14-10-21-15-9-5-4-8-13(14)15)24-19(25-18)27-11-16(26)22-12-6-2-1-3-7-12/h4-5,8-10,12,17,21H,1-3,6-7,11H2,(H,22,26)(H3,20,23,24,25)/t17-/m0/s1. The molecule has 2 aromatic rings. The van der Waals surface area contributed by atoms with E-state index in [0.717, 1.165) is 29.3 Å². The summed E-state index contributed by atoms with van der Waals surface area (Å²) in [5.74, 6) is 0.674. The summed E-state index contributed by atoms with van der Waals surface area (Å²) in [5.41, 5.74) is 7.97. The maximum atomic E-state index is 12.2. The number of benzene rings is 1. The van der Waals surface area contributed by atoms with Gasteiger partial charge < -0.3 is 21.4 Å². The van der Waals surface area contributed by atoms with Crippen molar-refractivity contribution in [2.24, 2.45) is 15.7 Å². The van der Waals surface area contributed by atoms with Crippen LogP contribution in [0.25, 0.3) is 10.9 Å². The van der Waals surface area contributed by atoms with Gasteiger partial charge in [-0.15, -0.1) is 0 Å². The van der Waals surface area contributed by atoms with Gasteiger partial charge in [-0.05, 0) is 18.9 Å². The Morgan fingerprint density at radius 1 is 1.22 bits per heavy atom. The van der Waals surface area contributed by atoms with E-state index < -0.39 is 6.17 Å². The van der Waals surface area contributed by atoms with Crippen LogP contribution in [0.15, 0.2) is 40.4 Å². The van der Waals surface area contributed by atoms with Crippen LogP contribution in [-0.4, -0.2) is 33.8 Å². The van der Waals surface area contributed by atoms with Gasteiger partial charge in [0.2, 0.25) is 5.91 Å². The second-order valence-corrected chi connectivity index (χ2v) is 7.89. The SMILES string of the molecule is NC1=N[C@H](c2c[nH]c3ccccc23)N=C(SCC(=O)NC2CCCCC2)N1. The number of fused-ring (bicyclic) bond motifs is 1. The van der Waals surface area contributed by atoms with Gasteiger partial charge in [0.15, 0.2) is 17.3 Å². The number of nitrogens with one attached hydrogen (secondary N) is 3. The molecule has 0 unspecified atom stereocenters. The van der Waals surface area contributed by atoms with E-state index in [-0.39, 0.29) is 5.91 Å². The van der Waals surface area contributed by atoms with Crippen molar-refractivity contribution in [2.75, 3.05) is 5.75 Å². The third kappa shape index (κ3) is 4.27. The third-order valence-corrected chi connectivity index (χ3v) is 5.83. The van der Waals surface area contributed by atoms with Crippen molar-refractivity contribution >= 4 is 39.7 Å². The molecule has 5 N–H and O–H groups in total. The molecule has 0 saturated heterocycles. The summed E-state index contributed by atoms with van der Waals surface area (Å²) in [4.78, 5) is 24.5. The highest BCUT2D eigenvalue weighted by Crippen LogP contribution is 2.29. The number of carbonyl (C=O) groups excluding carboxylic acids is 1. The number of guanidine groups is 1. The van der Waals surface area contributed by atoms with Crippen molar-refractivity contribution in [2.45, 2.75) is 44.3 Å². The normalized spacial score (nSPS) is 20.7. The van der Waals surface area contributed by atoms with Crippen LogP contribution in [0.3, 0.4) is 0 Å². The number of hydrogen-bond donors (Lipinski definition) is 4. The lowest BCUT2D eigenvalue weighted by Crippen LogP contribution is -2.40. The third-order valence-electron chi connectivity index (χ3n) is 4.95. The van der Waals surface area contributed by atoms with Crippen molar-refractivity contribution in [1.29, 1.82) is 0 Å². The summed E-state index contributed by atoms with van der Waals surface area (Å²) in [5, 5.41) is 7.78. The monoisotopic (exact) mass is 384 g/mol. The summed E-state index contributed by atoms with van der Waals surface area (Å²) in [6, 6.07) is 8.34. The Kier molecular flexibility index (Phi) is 5.33. The number of thioether (sulfide) groups is 1. The highest BCUT2D eigenvalue weighted by Gasteiger charge is 2.21. The molecule has 0 bridgehead atoms. The molecule has 1 saturated carbocycles. The number of H-pyrrole nitrogens is 1. The Bertz CT molecular complexity index is 883. The molecule has 142 valence electrons. The molecule has 2 heterocycles. The lowest BCUT2D eigenvalue weighted by Gasteiger charge is -2.23. The van der Waals surface area contributed by atoms with Crippen LogP contribution in [0.1, 0.15) is 43.8 Å². The number of carbonyl (C=O) groups is 1. The van der Waals surface area contributed by atoms with Gasteiger partial charge in [-0.1, -0.05) is 49.2 Å². The van der Waals surface area contributed by atoms with Crippen molar-refractivity contribution in [3.8, 4) is 0 Å². The molecular formula is C19H24N6OS. The highest BCUT2D eigenvalue weighted by atomic mass is 32.2. The Labute approximate surface area is 162 Å². The van der Waals surface area contributed by atoms with E-state index in [1.165, 1.54) is 31.0 Å². The van der Waals surface area contributed by atoms with Crippen LogP contribution in [-0.2, 0) is 4.79 Å². The molecule has 1 aliphatic heterocycles. The summed E-state index contributed by atoms with van der Waals surface area (Å²) < 4.78 is 0. The van der Waals surface area contributed by atoms with E-state index in [1.54, 1.807) is 0 Å². The average molecular weight is 385 g/mol. The number of aromatic nitrogens is 1. The number of aliphatic imine (C=N–C) groups is 2. The number of rotatable bonds is 4. The summed E-state index contributed by atoms with van der Waals surface area (Å²) >= 11 is 1.36. The fourth-order valence-corrected chi connectivity index (χ4v) is 4.32. The molecule has 4 rings (SSSR count). The molecule has 0 radical (unpaired) electrons. The van der Waals surface area contributed by atoms with Gasteiger partial charge in [-0.25, -0.2) is 9.98 Å². The first kappa shape index (κ1) is 17.9. The maximum Gasteiger partial charge on any atom is 0.230 e. The fraction of sp³-hybridized carbons (Fsp3) is 0.421. The largest absolute Gasteiger partial charge is 0.370 e. The van der Waals surface area contributed by atoms with E-state index in [1.807, 2.05) is 30.5 Å². The van der Waals surface area contributed by atoms with E-state index in [0.29, 0.717) is 22.9 Å². The number of nitrogens with zero attached hydrogens (tertiary/aromatic N) is 2. The molecule has 1 amide bonds. The minimum absolute atomic E-state index is 0.0427. The number of nitrogens with two attached hydrogens (primary N) is 1. The highest BCUT2D eigenvalue weighted by molar-refractivity contribution is 8.14. The van der Waals surface area contributed by atoms with Gasteiger partial charge in [0.1, 0.15) is 0 Å². The first-order valence-corrected chi connectivity index (χ1v) is 10.3. The van der Waals surface area contributed by atoms with Gasteiger partial charge in [0.05, 0.1) is 5.75 Å². The van der Waals surface area contributed by atoms with Crippen LogP contribution >= 0.6 is 11.8 Å². The molecule has 27 heavy (non-hydrogen) atoms. The second-order valence-electron chi connectivity index (χ2n) is 6.93. The first-order chi connectivity index (χ1) is 13.2. The predicted octanol–water partition coefficient (Wildman–Crippen LogP) is 2.62. The molecule has 8 heteroatoms. The lowest BCUT2D eigenvalue weighted by molar-refractivity contribution is -0.119. The van der Waals surface area contributed by atoms with E-state index in [4.69, 9.17) is 5.73 Å². The molecule has 1 aromatic carbocycles. The first-order valence-electron chi connectivity index (χ1n) is 9.35. The molecular weight excluding hydrogens is 360 g/mol. The molecule has 1 atom stereocenters. The van der Waals surface area contributed by atoms with Crippen LogP contribution < -0.4 is 16.4 Å². The van der Waals surface area contributed by atoms with Crippen molar-refractivity contribution in [1.82, 2.24) is 15.6 Å². The summed E-state index contributed by atoms with van der Waals surface area (Å²) in [7, 11) is 0. The number of para-hydroxylation sites is 1. The number of aromatic amines is 1. The zero-order valence-corrected chi connectivity index (χ0v) is 15.9. The van der Waals surface area contributed by atoms with Gasteiger partial charge in [0.25, 0.3) is 0 Å². The van der Waals surface area contributed by atoms with E-state index >= 15 is 0 Å². The molecule has 7 nitrogen and oxygen atoms in total. The summed E-state index contributed by atoms with van der Waals surface area (Å²) in [6.45, 7) is 0. The van der Waals surface area contributed by atoms with Gasteiger partial charge in [0, 0.05) is 28.7 Å². The molecule has 1 fully saturated rings. The molecule has 0 spiro atoms. The minimum Gasteiger partial charge on any atom is -0.370 e. The Balaban J connectivity index is 1.41. The predicted molar refractivity (Wildman–Crippen MR) is 111 cm³/mol. The van der Waals surface area contributed by atoms with Crippen LogP contribution in [0.4, 0.5) is 0 Å². The quantitative estimate of drug-likeness (QED) is 0.650. The number of hydrogen-bond acceptors (Lipinski definition) is 6. The van der Waals surface area contributed by atoms with Gasteiger partial charge >= 0.3 is 0 Å². The average Bonchev–Trinajstić information content (AvgIpc) is 3.11. The molecule has 2 aliphatic rings. The van der Waals surface area contributed by atoms with Crippen LogP contribution in [0.2, 0.25) is 0 Å². The Hall–Kier alpha value is -2.48. The maximum absolute atomic E-state index is 12.2. The Morgan fingerprint density at radius 3 is 2.89 bits per heavy atom. The van der Waals surface area contributed by atoms with Crippen molar-refractivity contribution in [3.63, 3.8) is 0 Å². The molecule has 1 aliphatic carbocycles. The van der Waals surface area contributed by atoms with Gasteiger partial charge in [-0.3, -0.25) is 4.79 Å². The van der Waals surface area contributed by atoms with Crippen molar-refractivity contribution in [3.05, 3.63) is 36.0 Å². The lowest BCUT2D eigenvalue weighted by atomic mass is 9.95. The van der Waals surface area contributed by atoms with Crippen molar-refractivity contribution < 1.29 is 4.79 Å². The zero-order valence-electron chi connectivity index (χ0n) is 15.1. The zero-order chi connectivity index (χ0) is 18.6.